The van der Waals surface area contributed by atoms with Crippen LogP contribution in [0.15, 0.2) is 4.99 Å². The van der Waals surface area contributed by atoms with Gasteiger partial charge in [-0.25, -0.2) is 0 Å². The second-order valence-corrected chi connectivity index (χ2v) is 7.58. The number of aliphatic imine (C=N–C) groups is 1. The number of nitrogens with zero attached hydrogens (tertiary/aromatic N) is 3. The fourth-order valence-electron chi connectivity index (χ4n) is 3.87. The van der Waals surface area contributed by atoms with Gasteiger partial charge in [0.15, 0.2) is 5.96 Å². The second kappa shape index (κ2) is 10.6. The fraction of sp³-hybridized carbons (Fsp3) is 0.895. The lowest BCUT2D eigenvalue weighted by Gasteiger charge is -2.30. The molecular formula is C19H37N5O. The van der Waals surface area contributed by atoms with Crippen molar-refractivity contribution in [2.75, 3.05) is 46.3 Å². The van der Waals surface area contributed by atoms with E-state index in [4.69, 9.17) is 0 Å². The lowest BCUT2D eigenvalue weighted by atomic mass is 10.0. The number of hydrogen-bond donors (Lipinski definition) is 2. The molecule has 0 aromatic rings. The third-order valence-corrected chi connectivity index (χ3v) is 5.34. The minimum absolute atomic E-state index is 0.249. The summed E-state index contributed by atoms with van der Waals surface area (Å²) in [6.07, 6.45) is 6.74. The second-order valence-electron chi connectivity index (χ2n) is 7.58. The van der Waals surface area contributed by atoms with Gasteiger partial charge in [0.25, 0.3) is 0 Å². The molecule has 2 aliphatic heterocycles. The van der Waals surface area contributed by atoms with Gasteiger partial charge < -0.3 is 20.4 Å². The van der Waals surface area contributed by atoms with Gasteiger partial charge >= 0.3 is 0 Å². The molecular weight excluding hydrogens is 314 g/mol. The first-order chi connectivity index (χ1) is 12.1. The van der Waals surface area contributed by atoms with E-state index in [-0.39, 0.29) is 5.91 Å². The van der Waals surface area contributed by atoms with E-state index in [2.05, 4.69) is 27.4 Å². The summed E-state index contributed by atoms with van der Waals surface area (Å²) in [5.41, 5.74) is 0. The summed E-state index contributed by atoms with van der Waals surface area (Å²) in [6, 6.07) is 0.316. The quantitative estimate of drug-likeness (QED) is 0.416. The summed E-state index contributed by atoms with van der Waals surface area (Å²) in [4.78, 5) is 20.6. The normalized spacial score (nSPS) is 25.2. The number of unbranched alkanes of at least 4 members (excludes halogenated alkanes) is 1. The Kier molecular flexibility index (Phi) is 8.52. The van der Waals surface area contributed by atoms with Crippen LogP contribution in [-0.2, 0) is 4.79 Å². The Bertz CT molecular complexity index is 440. The third kappa shape index (κ3) is 6.84. The Morgan fingerprint density at radius 1 is 1.20 bits per heavy atom. The van der Waals surface area contributed by atoms with E-state index >= 15 is 0 Å². The predicted molar refractivity (Wildman–Crippen MR) is 104 cm³/mol. The zero-order valence-electron chi connectivity index (χ0n) is 16.4. The van der Waals surface area contributed by atoms with Crippen molar-refractivity contribution in [3.8, 4) is 0 Å². The highest BCUT2D eigenvalue weighted by Crippen LogP contribution is 2.15. The smallest absolute Gasteiger partial charge is 0.222 e. The molecule has 0 aromatic heterocycles. The molecule has 0 aromatic carbocycles. The standard InChI is InChI=1S/C19H37N5O/c1-4-18(25)24-13-9-17(15-24)22-19(20-3)21-10-5-6-11-23-12-7-8-16(2)14-23/h16-17H,4-15H2,1-3H3,(H2,20,21,22). The molecule has 1 amide bonds. The minimum atomic E-state index is 0.249. The Balaban J connectivity index is 1.57. The van der Waals surface area contributed by atoms with Gasteiger partial charge in [0.1, 0.15) is 0 Å². The van der Waals surface area contributed by atoms with Crippen LogP contribution in [0.3, 0.4) is 0 Å². The Hall–Kier alpha value is -1.30. The molecule has 0 spiro atoms. The van der Waals surface area contributed by atoms with Gasteiger partial charge in [0.2, 0.25) is 5.91 Å². The molecule has 2 heterocycles. The van der Waals surface area contributed by atoms with Crippen molar-refractivity contribution in [3.63, 3.8) is 0 Å². The van der Waals surface area contributed by atoms with Gasteiger partial charge in [-0.3, -0.25) is 9.79 Å². The highest BCUT2D eigenvalue weighted by molar-refractivity contribution is 5.80. The van der Waals surface area contributed by atoms with Crippen LogP contribution in [-0.4, -0.2) is 74.0 Å². The summed E-state index contributed by atoms with van der Waals surface area (Å²) < 4.78 is 0. The molecule has 2 aliphatic rings. The first kappa shape index (κ1) is 20.0. The number of likely N-dealkylation sites (tertiary alicyclic amines) is 2. The maximum atomic E-state index is 11.8. The van der Waals surface area contributed by atoms with Crippen molar-refractivity contribution in [3.05, 3.63) is 0 Å². The zero-order chi connectivity index (χ0) is 18.1. The molecule has 6 heteroatoms. The van der Waals surface area contributed by atoms with E-state index in [9.17, 15) is 4.79 Å². The highest BCUT2D eigenvalue weighted by Gasteiger charge is 2.25. The van der Waals surface area contributed by atoms with Crippen LogP contribution in [0.25, 0.3) is 0 Å². The summed E-state index contributed by atoms with van der Waals surface area (Å²) in [5, 5.41) is 6.87. The first-order valence-electron chi connectivity index (χ1n) is 10.1. The van der Waals surface area contributed by atoms with E-state index in [0.29, 0.717) is 12.5 Å². The van der Waals surface area contributed by atoms with Gasteiger partial charge in [-0.1, -0.05) is 13.8 Å². The van der Waals surface area contributed by atoms with Gasteiger partial charge in [0, 0.05) is 45.7 Å². The number of hydrogen-bond acceptors (Lipinski definition) is 3. The van der Waals surface area contributed by atoms with Gasteiger partial charge in [-0.2, -0.15) is 0 Å². The van der Waals surface area contributed by atoms with Crippen LogP contribution in [0.5, 0.6) is 0 Å². The van der Waals surface area contributed by atoms with Crippen LogP contribution >= 0.6 is 0 Å². The molecule has 0 bridgehead atoms. The largest absolute Gasteiger partial charge is 0.356 e. The fourth-order valence-corrected chi connectivity index (χ4v) is 3.87. The lowest BCUT2D eigenvalue weighted by molar-refractivity contribution is -0.129. The maximum absolute atomic E-state index is 11.8. The predicted octanol–water partition coefficient (Wildman–Crippen LogP) is 1.67. The van der Waals surface area contributed by atoms with Gasteiger partial charge in [-0.05, 0) is 51.1 Å². The van der Waals surface area contributed by atoms with Crippen LogP contribution in [0.2, 0.25) is 0 Å². The minimum Gasteiger partial charge on any atom is -0.356 e. The summed E-state index contributed by atoms with van der Waals surface area (Å²) in [6.45, 7) is 10.6. The van der Waals surface area contributed by atoms with Gasteiger partial charge in [0.05, 0.1) is 0 Å². The van der Waals surface area contributed by atoms with Crippen LogP contribution < -0.4 is 10.6 Å². The third-order valence-electron chi connectivity index (χ3n) is 5.34. The van der Waals surface area contributed by atoms with Crippen LogP contribution in [0.4, 0.5) is 0 Å². The molecule has 0 saturated carbocycles. The van der Waals surface area contributed by atoms with Crippen molar-refractivity contribution in [1.29, 1.82) is 0 Å². The number of piperidine rings is 1. The SMILES string of the molecule is CCC(=O)N1CCC(NC(=NC)NCCCCN2CCCC(C)C2)C1. The molecule has 2 rings (SSSR count). The van der Waals surface area contributed by atoms with Crippen molar-refractivity contribution < 1.29 is 4.79 Å². The number of rotatable bonds is 7. The Morgan fingerprint density at radius 3 is 2.76 bits per heavy atom. The zero-order valence-corrected chi connectivity index (χ0v) is 16.4. The topological polar surface area (TPSA) is 60.0 Å². The number of amides is 1. The molecule has 2 unspecified atom stereocenters. The molecule has 0 aliphatic carbocycles. The van der Waals surface area contributed by atoms with Crippen molar-refractivity contribution in [1.82, 2.24) is 20.4 Å². The molecule has 25 heavy (non-hydrogen) atoms. The van der Waals surface area contributed by atoms with E-state index in [1.54, 1.807) is 0 Å². The lowest BCUT2D eigenvalue weighted by Crippen LogP contribution is -2.45. The number of carbonyl (C=O) groups excluding carboxylic acids is 1. The van der Waals surface area contributed by atoms with E-state index < -0.39 is 0 Å². The molecule has 2 saturated heterocycles. The van der Waals surface area contributed by atoms with E-state index in [1.165, 1.54) is 38.9 Å². The van der Waals surface area contributed by atoms with Crippen molar-refractivity contribution >= 4 is 11.9 Å². The molecule has 0 radical (unpaired) electrons. The summed E-state index contributed by atoms with van der Waals surface area (Å²) in [5.74, 6) is 1.97. The first-order valence-corrected chi connectivity index (χ1v) is 10.1. The summed E-state index contributed by atoms with van der Waals surface area (Å²) in [7, 11) is 1.81. The monoisotopic (exact) mass is 351 g/mol. The Morgan fingerprint density at radius 2 is 2.04 bits per heavy atom. The molecule has 6 nitrogen and oxygen atoms in total. The van der Waals surface area contributed by atoms with Crippen LogP contribution in [0.1, 0.15) is 52.4 Å². The average molecular weight is 352 g/mol. The maximum Gasteiger partial charge on any atom is 0.222 e. The summed E-state index contributed by atoms with van der Waals surface area (Å²) >= 11 is 0. The number of carbonyl (C=O) groups is 1. The van der Waals surface area contributed by atoms with Crippen molar-refractivity contribution in [2.45, 2.75) is 58.4 Å². The molecule has 2 fully saturated rings. The molecule has 2 atom stereocenters. The Labute approximate surface area is 153 Å². The highest BCUT2D eigenvalue weighted by atomic mass is 16.2. The molecule has 2 N–H and O–H groups in total. The number of nitrogens with one attached hydrogen (secondary N) is 2. The van der Waals surface area contributed by atoms with Crippen LogP contribution in [0, 0.1) is 5.92 Å². The molecule has 144 valence electrons. The van der Waals surface area contributed by atoms with E-state index in [0.717, 1.165) is 44.4 Å². The van der Waals surface area contributed by atoms with Crippen molar-refractivity contribution in [2.24, 2.45) is 10.9 Å². The number of guanidine groups is 1. The average Bonchev–Trinajstić information content (AvgIpc) is 3.08. The van der Waals surface area contributed by atoms with E-state index in [1.807, 2.05) is 18.9 Å². The van der Waals surface area contributed by atoms with Gasteiger partial charge in [-0.15, -0.1) is 0 Å².